The molecule has 172 valence electrons. The van der Waals surface area contributed by atoms with Crippen molar-refractivity contribution in [3.8, 4) is 0 Å². The van der Waals surface area contributed by atoms with Crippen LogP contribution in [0.4, 0.5) is 16.2 Å². The van der Waals surface area contributed by atoms with E-state index in [1.54, 1.807) is 30.3 Å². The Balaban J connectivity index is 1.53. The Morgan fingerprint density at radius 3 is 2.44 bits per heavy atom. The van der Waals surface area contributed by atoms with Crippen LogP contribution >= 0.6 is 0 Å². The molecule has 3 rings (SSSR count). The molecular formula is C22H28N4O5S. The lowest BCUT2D eigenvalue weighted by atomic mass is 9.97. The van der Waals surface area contributed by atoms with E-state index in [4.69, 9.17) is 4.74 Å². The number of carbonyl (C=O) groups excluding carboxylic acids is 2. The second-order valence-corrected chi connectivity index (χ2v) is 9.99. The van der Waals surface area contributed by atoms with Gasteiger partial charge in [0.1, 0.15) is 4.90 Å². The number of carbonyl (C=O) groups is 2. The summed E-state index contributed by atoms with van der Waals surface area (Å²) in [5, 5.41) is 5.49. The summed E-state index contributed by atoms with van der Waals surface area (Å²) in [5.74, 6) is -0.247. The maximum atomic E-state index is 12.7. The van der Waals surface area contributed by atoms with Crippen LogP contribution in [0.3, 0.4) is 0 Å². The average molecular weight is 461 g/mol. The lowest BCUT2D eigenvalue weighted by molar-refractivity contribution is -0.120. The van der Waals surface area contributed by atoms with Gasteiger partial charge < -0.3 is 10.1 Å². The third kappa shape index (κ3) is 6.27. The number of hydrogen-bond donors (Lipinski definition) is 2. The van der Waals surface area contributed by atoms with E-state index in [0.717, 1.165) is 0 Å². The number of aromatic nitrogens is 1. The van der Waals surface area contributed by atoms with Crippen LogP contribution in [-0.4, -0.2) is 49.4 Å². The van der Waals surface area contributed by atoms with Crippen LogP contribution in [-0.2, 0) is 19.6 Å². The molecule has 0 bridgehead atoms. The van der Waals surface area contributed by atoms with Gasteiger partial charge in [-0.3, -0.25) is 15.1 Å². The quantitative estimate of drug-likeness (QED) is 0.654. The molecule has 1 aromatic heterocycles. The second-order valence-electron chi connectivity index (χ2n) is 8.05. The summed E-state index contributed by atoms with van der Waals surface area (Å²) in [5.41, 5.74) is 1.05. The van der Waals surface area contributed by atoms with Gasteiger partial charge in [0.2, 0.25) is 15.9 Å². The molecule has 9 nitrogen and oxygen atoms in total. The smallest absolute Gasteiger partial charge is 0.411 e. The SMILES string of the molecule is CC(C)COC(=O)Nc1cccc(NC(=O)C2CCN(S(=O)(=O)c3cccnc3)CC2)c1. The van der Waals surface area contributed by atoms with E-state index in [0.29, 0.717) is 30.8 Å². The predicted octanol–water partition coefficient (Wildman–Crippen LogP) is 3.33. The lowest BCUT2D eigenvalue weighted by Crippen LogP contribution is -2.41. The van der Waals surface area contributed by atoms with Crippen molar-refractivity contribution >= 4 is 33.4 Å². The minimum atomic E-state index is -3.61. The monoisotopic (exact) mass is 460 g/mol. The molecule has 1 saturated heterocycles. The Kier molecular flexibility index (Phi) is 7.81. The van der Waals surface area contributed by atoms with Crippen LogP contribution < -0.4 is 10.6 Å². The zero-order valence-corrected chi connectivity index (χ0v) is 19.0. The van der Waals surface area contributed by atoms with Gasteiger partial charge in [0, 0.05) is 42.8 Å². The molecule has 0 saturated carbocycles. The molecule has 0 atom stereocenters. The van der Waals surface area contributed by atoms with E-state index in [-0.39, 0.29) is 35.7 Å². The van der Waals surface area contributed by atoms with Crippen molar-refractivity contribution in [3.05, 3.63) is 48.8 Å². The number of sulfonamides is 1. The van der Waals surface area contributed by atoms with Crippen LogP contribution in [0, 0.1) is 11.8 Å². The van der Waals surface area contributed by atoms with E-state index in [1.165, 1.54) is 22.8 Å². The number of amides is 2. The van der Waals surface area contributed by atoms with Crippen LogP contribution in [0.2, 0.25) is 0 Å². The molecule has 0 spiro atoms. The number of nitrogens with zero attached hydrogens (tertiary/aromatic N) is 2. The largest absolute Gasteiger partial charge is 0.449 e. The first kappa shape index (κ1) is 23.7. The van der Waals surface area contributed by atoms with Gasteiger partial charge in [-0.2, -0.15) is 4.31 Å². The van der Waals surface area contributed by atoms with Crippen molar-refractivity contribution in [1.82, 2.24) is 9.29 Å². The van der Waals surface area contributed by atoms with Gasteiger partial charge in [-0.1, -0.05) is 19.9 Å². The Morgan fingerprint density at radius 2 is 1.81 bits per heavy atom. The Hall–Kier alpha value is -2.98. The molecule has 2 aromatic rings. The number of nitrogens with one attached hydrogen (secondary N) is 2. The molecule has 2 amide bonds. The van der Waals surface area contributed by atoms with Gasteiger partial charge in [-0.15, -0.1) is 0 Å². The van der Waals surface area contributed by atoms with E-state index in [2.05, 4.69) is 15.6 Å². The third-order valence-electron chi connectivity index (χ3n) is 5.02. The second kappa shape index (κ2) is 10.6. The van der Waals surface area contributed by atoms with Crippen LogP contribution in [0.25, 0.3) is 0 Å². The van der Waals surface area contributed by atoms with Crippen molar-refractivity contribution in [2.45, 2.75) is 31.6 Å². The van der Waals surface area contributed by atoms with E-state index in [9.17, 15) is 18.0 Å². The standard InChI is InChI=1S/C22H28N4O5S/c1-16(2)15-31-22(28)25-19-6-3-5-18(13-19)24-21(27)17-8-11-26(12-9-17)32(29,30)20-7-4-10-23-14-20/h3-7,10,13-14,16-17H,8-9,11-12,15H2,1-2H3,(H,24,27)(H,25,28). The Morgan fingerprint density at radius 1 is 1.12 bits per heavy atom. The van der Waals surface area contributed by atoms with Gasteiger partial charge in [0.05, 0.1) is 6.61 Å². The number of ether oxygens (including phenoxy) is 1. The highest BCUT2D eigenvalue weighted by molar-refractivity contribution is 7.89. The lowest BCUT2D eigenvalue weighted by Gasteiger charge is -2.30. The van der Waals surface area contributed by atoms with Gasteiger partial charge >= 0.3 is 6.09 Å². The summed E-state index contributed by atoms with van der Waals surface area (Å²) < 4.78 is 31.9. The molecule has 10 heteroatoms. The molecule has 1 aliphatic heterocycles. The molecule has 1 aliphatic rings. The third-order valence-corrected chi connectivity index (χ3v) is 6.90. The van der Waals surface area contributed by atoms with Gasteiger partial charge in [0.25, 0.3) is 0 Å². The maximum absolute atomic E-state index is 12.7. The average Bonchev–Trinajstić information content (AvgIpc) is 2.78. The van der Waals surface area contributed by atoms with E-state index >= 15 is 0 Å². The van der Waals surface area contributed by atoms with Gasteiger partial charge in [-0.05, 0) is 49.1 Å². The maximum Gasteiger partial charge on any atom is 0.411 e. The number of benzene rings is 1. The molecule has 32 heavy (non-hydrogen) atoms. The fourth-order valence-corrected chi connectivity index (χ4v) is 4.76. The van der Waals surface area contributed by atoms with Gasteiger partial charge in [-0.25, -0.2) is 13.2 Å². The molecule has 0 unspecified atom stereocenters. The summed E-state index contributed by atoms with van der Waals surface area (Å²) in [6, 6.07) is 9.90. The van der Waals surface area contributed by atoms with Crippen molar-refractivity contribution < 1.29 is 22.7 Å². The van der Waals surface area contributed by atoms with Crippen molar-refractivity contribution in [1.29, 1.82) is 0 Å². The molecule has 0 aliphatic carbocycles. The zero-order valence-electron chi connectivity index (χ0n) is 18.2. The Labute approximate surface area is 188 Å². The van der Waals surface area contributed by atoms with Crippen LogP contribution in [0.15, 0.2) is 53.7 Å². The first-order valence-electron chi connectivity index (χ1n) is 10.5. The number of anilines is 2. The Bertz CT molecular complexity index is 1040. The van der Waals surface area contributed by atoms with E-state index < -0.39 is 16.1 Å². The summed E-state index contributed by atoms with van der Waals surface area (Å²) in [6.45, 7) is 4.74. The molecule has 1 fully saturated rings. The zero-order chi connectivity index (χ0) is 23.1. The summed E-state index contributed by atoms with van der Waals surface area (Å²) in [4.78, 5) is 28.6. The number of rotatable bonds is 7. The number of hydrogen-bond acceptors (Lipinski definition) is 6. The minimum absolute atomic E-state index is 0.152. The fourth-order valence-electron chi connectivity index (χ4n) is 3.32. The minimum Gasteiger partial charge on any atom is -0.449 e. The fraction of sp³-hybridized carbons (Fsp3) is 0.409. The summed E-state index contributed by atoms with van der Waals surface area (Å²) in [7, 11) is -3.61. The van der Waals surface area contributed by atoms with E-state index in [1.807, 2.05) is 13.8 Å². The van der Waals surface area contributed by atoms with Crippen molar-refractivity contribution in [3.63, 3.8) is 0 Å². The first-order valence-corrected chi connectivity index (χ1v) is 11.9. The van der Waals surface area contributed by atoms with Crippen LogP contribution in [0.5, 0.6) is 0 Å². The molecule has 0 radical (unpaired) electrons. The predicted molar refractivity (Wildman–Crippen MR) is 121 cm³/mol. The normalized spacial score (nSPS) is 15.3. The van der Waals surface area contributed by atoms with Crippen molar-refractivity contribution in [2.75, 3.05) is 30.3 Å². The number of pyridine rings is 1. The summed E-state index contributed by atoms with van der Waals surface area (Å²) >= 11 is 0. The van der Waals surface area contributed by atoms with Gasteiger partial charge in [0.15, 0.2) is 0 Å². The van der Waals surface area contributed by atoms with Crippen molar-refractivity contribution in [2.24, 2.45) is 11.8 Å². The number of piperidine rings is 1. The molecule has 1 aromatic carbocycles. The highest BCUT2D eigenvalue weighted by Crippen LogP contribution is 2.25. The molecule has 2 N–H and O–H groups in total. The molecular weight excluding hydrogens is 432 g/mol. The first-order chi connectivity index (χ1) is 15.3. The highest BCUT2D eigenvalue weighted by Gasteiger charge is 2.32. The van der Waals surface area contributed by atoms with Crippen LogP contribution in [0.1, 0.15) is 26.7 Å². The summed E-state index contributed by atoms with van der Waals surface area (Å²) in [6.07, 6.45) is 3.14. The highest BCUT2D eigenvalue weighted by atomic mass is 32.2. The topological polar surface area (TPSA) is 118 Å². The molecule has 2 heterocycles.